The highest BCUT2D eigenvalue weighted by Crippen LogP contribution is 2.03. The van der Waals surface area contributed by atoms with E-state index in [0.29, 0.717) is 0 Å². The molecular formula is CH5Cl3O2. The molecule has 0 fully saturated rings. The quantitative estimate of drug-likeness (QED) is 0.456. The van der Waals surface area contributed by atoms with Crippen molar-refractivity contribution in [2.45, 2.75) is 4.30 Å². The van der Waals surface area contributed by atoms with Crippen LogP contribution in [0.4, 0.5) is 0 Å². The van der Waals surface area contributed by atoms with Crippen molar-refractivity contribution in [3.05, 3.63) is 0 Å². The average molecular weight is 158 g/mol. The van der Waals surface area contributed by atoms with Crippen molar-refractivity contribution in [1.82, 2.24) is 0 Å². The molecule has 0 saturated heterocycles. The molecule has 0 heterocycles. The molecule has 2 nitrogen and oxygen atoms in total. The summed E-state index contributed by atoms with van der Waals surface area (Å²) in [5, 5.41) is 0. The molecule has 0 bridgehead atoms. The van der Waals surface area contributed by atoms with E-state index in [2.05, 4.69) is 5.48 Å². The van der Waals surface area contributed by atoms with E-state index in [1.165, 1.54) is 0 Å². The van der Waals surface area contributed by atoms with Crippen molar-refractivity contribution in [2.75, 3.05) is 0 Å². The molecule has 0 rings (SSSR count). The Morgan fingerprint density at radius 2 is 1.33 bits per heavy atom. The van der Waals surface area contributed by atoms with E-state index in [4.69, 9.17) is 44.6 Å². The molecule has 0 aliphatic rings. The van der Waals surface area contributed by atoms with Crippen LogP contribution in [0, 0.1) is 0 Å². The molecule has 42 valence electrons. The first-order valence-corrected chi connectivity index (χ1v) is 1.96. The van der Waals surface area contributed by atoms with Gasteiger partial charge < -0.3 is 11.0 Å². The summed E-state index contributed by atoms with van der Waals surface area (Å²) in [5.74, 6) is 0. The van der Waals surface area contributed by atoms with Crippen molar-refractivity contribution in [2.24, 2.45) is 0 Å². The van der Waals surface area contributed by atoms with Crippen LogP contribution in [0.25, 0.3) is 0 Å². The molecule has 0 aliphatic heterocycles. The molecule has 0 aromatic heterocycles. The molecular weight excluding hydrogens is 150 g/mol. The SMILES string of the molecule is ClC(Cl)Cl.[2H]O.[2H]O[2H]. The van der Waals surface area contributed by atoms with E-state index in [1.807, 2.05) is 0 Å². The third-order valence-corrected chi connectivity index (χ3v) is 0. The second-order valence-electron chi connectivity index (χ2n) is 0.247. The molecule has 0 amide bonds. The Labute approximate surface area is 55.1 Å². The number of halogens is 3. The van der Waals surface area contributed by atoms with Crippen LogP contribution in [-0.2, 0) is 0 Å². The van der Waals surface area contributed by atoms with Gasteiger partial charge in [0.1, 0.15) is 0 Å². The lowest BCUT2D eigenvalue weighted by atomic mass is 11.9. The first kappa shape index (κ1) is 4.94. The van der Waals surface area contributed by atoms with Crippen LogP contribution in [0.3, 0.4) is 0 Å². The van der Waals surface area contributed by atoms with Gasteiger partial charge in [0.2, 0.25) is 4.29 Å². The minimum atomic E-state index is -0.750. The van der Waals surface area contributed by atoms with E-state index < -0.39 is 4.30 Å². The Hall–Kier alpha value is 0.790. The fourth-order valence-corrected chi connectivity index (χ4v) is 0. The molecule has 0 unspecified atom stereocenters. The highest BCUT2D eigenvalue weighted by molar-refractivity contribution is 6.63. The standard InChI is InChI=1S/CHCl3.2H2O/c2-1(3)4;;/h1H;2*1H2/i/hD3. The van der Waals surface area contributed by atoms with E-state index >= 15 is 0 Å². The van der Waals surface area contributed by atoms with Crippen molar-refractivity contribution in [3.63, 3.8) is 0 Å². The van der Waals surface area contributed by atoms with Crippen LogP contribution in [0.1, 0.15) is 1.43 Å². The van der Waals surface area contributed by atoms with Crippen LogP contribution < -0.4 is 0 Å². The van der Waals surface area contributed by atoms with Gasteiger partial charge in [0, 0.05) is 0 Å². The van der Waals surface area contributed by atoms with Gasteiger partial charge in [-0.3, -0.25) is 0 Å². The summed E-state index contributed by atoms with van der Waals surface area (Å²) >= 11 is 14.4. The molecule has 5 heteroatoms. The van der Waals surface area contributed by atoms with Gasteiger partial charge in [0.25, 0.3) is 0 Å². The van der Waals surface area contributed by atoms with Crippen LogP contribution in [0.15, 0.2) is 0 Å². The molecule has 0 saturated carbocycles. The Morgan fingerprint density at radius 3 is 1.33 bits per heavy atom. The predicted molar refractivity (Wildman–Crippen MR) is 28.6 cm³/mol. The minimum Gasteiger partial charge on any atom is -0.412 e. The fraction of sp³-hybridized carbons (Fsp3) is 1.00. The zero-order chi connectivity index (χ0) is 8.28. The lowest BCUT2D eigenvalue weighted by molar-refractivity contribution is 0.823. The molecule has 0 radical (unpaired) electrons. The lowest BCUT2D eigenvalue weighted by Gasteiger charge is -1.69. The van der Waals surface area contributed by atoms with Gasteiger partial charge in [-0.1, -0.05) is 34.8 Å². The van der Waals surface area contributed by atoms with Gasteiger partial charge in [-0.2, -0.15) is 0 Å². The second kappa shape index (κ2) is 9.25. The monoisotopic (exact) mass is 157 g/mol. The minimum absolute atomic E-state index is 0.750. The highest BCUT2D eigenvalue weighted by atomic mass is 35.6. The Balaban J connectivity index is -0.0000000646. The lowest BCUT2D eigenvalue weighted by Crippen LogP contribution is -1.55. The first-order valence-electron chi connectivity index (χ1n) is 1.92. The van der Waals surface area contributed by atoms with Crippen molar-refractivity contribution >= 4 is 34.8 Å². The van der Waals surface area contributed by atoms with Gasteiger partial charge in [-0.25, -0.2) is 0 Å². The summed E-state index contributed by atoms with van der Waals surface area (Å²) in [7, 11) is 0. The van der Waals surface area contributed by atoms with Gasteiger partial charge in [0.05, 0.1) is 0 Å². The summed E-state index contributed by atoms with van der Waals surface area (Å²) in [6.07, 6.45) is 0. The number of hydrogen-bond acceptors (Lipinski definition) is 0. The maximum Gasteiger partial charge on any atom is 0.206 e. The average Bonchev–Trinajstić information content (AvgIpc) is 1.71. The van der Waals surface area contributed by atoms with Crippen molar-refractivity contribution < 1.29 is 12.4 Å². The molecule has 0 aromatic carbocycles. The van der Waals surface area contributed by atoms with E-state index in [9.17, 15) is 0 Å². The Morgan fingerprint density at radius 1 is 1.33 bits per heavy atom. The van der Waals surface area contributed by atoms with Crippen molar-refractivity contribution in [3.8, 4) is 0 Å². The maximum absolute atomic E-state index is 6.25. The summed E-state index contributed by atoms with van der Waals surface area (Å²) in [6.45, 7) is 0. The Kier molecular flexibility index (Phi) is 7.61. The van der Waals surface area contributed by atoms with E-state index in [1.54, 1.807) is 0 Å². The Bertz CT molecular complexity index is 28.3. The van der Waals surface area contributed by atoms with Gasteiger partial charge in [-0.05, 0) is 0 Å². The van der Waals surface area contributed by atoms with Crippen LogP contribution in [0.5, 0.6) is 0 Å². The largest absolute Gasteiger partial charge is 0.412 e. The number of hydrogen-bond donors (Lipinski definition) is 0. The smallest absolute Gasteiger partial charge is 0.206 e. The predicted octanol–water partition coefficient (Wildman–Crippen LogP) is 0.337. The number of alkyl halides is 3. The topological polar surface area (TPSA) is 63.0 Å². The molecule has 0 spiro atoms. The second-order valence-corrected chi connectivity index (χ2v) is 2.23. The third-order valence-electron chi connectivity index (χ3n) is 0. The fourth-order valence-electron chi connectivity index (χ4n) is 0. The maximum atomic E-state index is 6.25. The molecule has 0 atom stereocenters. The van der Waals surface area contributed by atoms with Gasteiger partial charge >= 0.3 is 0 Å². The molecule has 0 aromatic rings. The normalized spacial score (nSPS) is 10.5. The van der Waals surface area contributed by atoms with Gasteiger partial charge in [-0.15, -0.1) is 0 Å². The summed E-state index contributed by atoms with van der Waals surface area (Å²) < 4.78 is 14.8. The van der Waals surface area contributed by atoms with Crippen LogP contribution in [-0.4, -0.2) is 18.1 Å². The summed E-state index contributed by atoms with van der Waals surface area (Å²) in [6, 6.07) is 0. The first-order chi connectivity index (χ1) is 4.15. The van der Waals surface area contributed by atoms with E-state index in [-0.39, 0.29) is 0 Å². The zero-order valence-electron chi connectivity index (χ0n) is 5.57. The molecule has 4 N–H and O–H groups in total. The highest BCUT2D eigenvalue weighted by Gasteiger charge is 1.78. The van der Waals surface area contributed by atoms with Gasteiger partial charge in [0.15, 0.2) is 4.30 Å². The summed E-state index contributed by atoms with van der Waals surface area (Å²) in [4.78, 5) is 0. The number of rotatable bonds is 0. The van der Waals surface area contributed by atoms with E-state index in [0.717, 1.165) is 0 Å². The van der Waals surface area contributed by atoms with Crippen molar-refractivity contribution in [1.29, 1.82) is 2.86 Å². The molecule has 6 heavy (non-hydrogen) atoms. The van der Waals surface area contributed by atoms with Crippen LogP contribution in [0.2, 0.25) is 0 Å². The van der Waals surface area contributed by atoms with Crippen LogP contribution >= 0.6 is 34.8 Å². The molecule has 0 aliphatic carbocycles. The zero-order valence-corrected chi connectivity index (χ0v) is 4.83. The summed E-state index contributed by atoms with van der Waals surface area (Å²) in [5.41, 5.74) is 9.00. The third kappa shape index (κ3) is 110.